The predicted molar refractivity (Wildman–Crippen MR) is 142 cm³/mol. The number of nitrogens with one attached hydrogen (secondary N) is 1. The molecule has 1 unspecified atom stereocenters. The fourth-order valence-corrected chi connectivity index (χ4v) is 5.22. The molecule has 0 radical (unpaired) electrons. The number of ether oxygens (including phenoxy) is 1. The molecule has 0 spiro atoms. The van der Waals surface area contributed by atoms with E-state index in [2.05, 4.69) is 0 Å². The van der Waals surface area contributed by atoms with Crippen LogP contribution >= 0.6 is 7.82 Å². The molecule has 220 valence electrons. The first-order valence-corrected chi connectivity index (χ1v) is 14.5. The third-order valence-electron chi connectivity index (χ3n) is 6.89. The van der Waals surface area contributed by atoms with E-state index in [0.717, 1.165) is 28.2 Å². The molecular formula is C26H29FN3O10P. The van der Waals surface area contributed by atoms with E-state index in [-0.39, 0.29) is 6.42 Å². The number of nitrogens with zero attached hydrogens (tertiary/aromatic N) is 2. The lowest BCUT2D eigenvalue weighted by molar-refractivity contribution is -0.139. The van der Waals surface area contributed by atoms with Gasteiger partial charge in [-0.3, -0.25) is 28.6 Å². The molecule has 0 bridgehead atoms. The van der Waals surface area contributed by atoms with Gasteiger partial charge < -0.3 is 14.4 Å². The van der Waals surface area contributed by atoms with Crippen LogP contribution in [-0.2, 0) is 28.0 Å². The van der Waals surface area contributed by atoms with Crippen molar-refractivity contribution >= 4 is 30.3 Å². The van der Waals surface area contributed by atoms with Crippen molar-refractivity contribution in [2.24, 2.45) is 5.92 Å². The minimum Gasteiger partial charge on any atom is -0.390 e. The molecule has 2 fully saturated rings. The normalized spacial score (nSPS) is 22.8. The third kappa shape index (κ3) is 6.75. The SMILES string of the molecule is C[C@@H](C(=O)OP(=O)(O)OC[C@H]1O[C@@H](n2cc(F)c(=O)[nH]c2=O)C[C@@H]1O)N(OCC1CC1)c1cccc2ccccc12. The number of aromatic nitrogens is 2. The highest BCUT2D eigenvalue weighted by Crippen LogP contribution is 2.45. The second-order valence-corrected chi connectivity index (χ2v) is 11.4. The summed E-state index contributed by atoms with van der Waals surface area (Å²) >= 11 is 0. The number of hydrogen-bond donors (Lipinski definition) is 3. The van der Waals surface area contributed by atoms with Crippen LogP contribution in [0.4, 0.5) is 10.1 Å². The summed E-state index contributed by atoms with van der Waals surface area (Å²) in [4.78, 5) is 54.3. The van der Waals surface area contributed by atoms with Crippen LogP contribution in [0.3, 0.4) is 0 Å². The number of phosphoric acid groups is 1. The maximum Gasteiger partial charge on any atom is 0.529 e. The van der Waals surface area contributed by atoms with E-state index in [1.165, 1.54) is 12.0 Å². The molecule has 3 aromatic rings. The number of phosphoric ester groups is 1. The van der Waals surface area contributed by atoms with Gasteiger partial charge in [0, 0.05) is 11.8 Å². The Bertz CT molecular complexity index is 1590. The first-order chi connectivity index (χ1) is 19.5. The molecular weight excluding hydrogens is 564 g/mol. The Hall–Kier alpha value is -3.39. The maximum absolute atomic E-state index is 13.7. The number of anilines is 1. The lowest BCUT2D eigenvalue weighted by Crippen LogP contribution is -2.40. The summed E-state index contributed by atoms with van der Waals surface area (Å²) in [6.07, 6.45) is -1.26. The second kappa shape index (κ2) is 11.8. The molecule has 1 aliphatic heterocycles. The van der Waals surface area contributed by atoms with Crippen molar-refractivity contribution < 1.29 is 42.4 Å². The molecule has 1 saturated carbocycles. The number of H-pyrrole nitrogens is 1. The summed E-state index contributed by atoms with van der Waals surface area (Å²) < 4.78 is 42.3. The van der Waals surface area contributed by atoms with Crippen molar-refractivity contribution in [3.8, 4) is 0 Å². The highest BCUT2D eigenvalue weighted by atomic mass is 31.2. The summed E-state index contributed by atoms with van der Waals surface area (Å²) in [6, 6.07) is 11.8. The van der Waals surface area contributed by atoms with Crippen LogP contribution in [-0.4, -0.2) is 57.0 Å². The molecule has 41 heavy (non-hydrogen) atoms. The van der Waals surface area contributed by atoms with E-state index in [0.29, 0.717) is 24.4 Å². The summed E-state index contributed by atoms with van der Waals surface area (Å²) in [5.74, 6) is -1.98. The molecule has 15 heteroatoms. The van der Waals surface area contributed by atoms with Crippen molar-refractivity contribution in [2.45, 2.75) is 50.7 Å². The molecule has 5 atom stereocenters. The number of carbonyl (C=O) groups is 1. The van der Waals surface area contributed by atoms with Crippen molar-refractivity contribution in [3.05, 3.63) is 75.3 Å². The number of aromatic amines is 1. The van der Waals surface area contributed by atoms with Crippen LogP contribution in [0, 0.1) is 11.7 Å². The summed E-state index contributed by atoms with van der Waals surface area (Å²) in [5.41, 5.74) is -1.60. The van der Waals surface area contributed by atoms with Crippen molar-refractivity contribution in [1.82, 2.24) is 9.55 Å². The van der Waals surface area contributed by atoms with E-state index >= 15 is 0 Å². The molecule has 3 N–H and O–H groups in total. The zero-order valence-corrected chi connectivity index (χ0v) is 22.8. The van der Waals surface area contributed by atoms with Gasteiger partial charge in [-0.1, -0.05) is 36.4 Å². The Balaban J connectivity index is 1.24. The Kier molecular flexibility index (Phi) is 8.41. The lowest BCUT2D eigenvalue weighted by atomic mass is 10.1. The Labute approximate surface area is 232 Å². The van der Waals surface area contributed by atoms with Gasteiger partial charge in [0.25, 0.3) is 5.56 Å². The van der Waals surface area contributed by atoms with Crippen LogP contribution in [0.15, 0.2) is 58.3 Å². The number of halogens is 1. The lowest BCUT2D eigenvalue weighted by Gasteiger charge is -2.30. The smallest absolute Gasteiger partial charge is 0.390 e. The molecule has 1 aliphatic carbocycles. The summed E-state index contributed by atoms with van der Waals surface area (Å²) in [6.45, 7) is 1.12. The van der Waals surface area contributed by atoms with E-state index in [9.17, 15) is 33.3 Å². The van der Waals surface area contributed by atoms with Gasteiger partial charge in [0.1, 0.15) is 12.3 Å². The summed E-state index contributed by atoms with van der Waals surface area (Å²) in [5, 5.41) is 13.4. The van der Waals surface area contributed by atoms with Gasteiger partial charge in [-0.15, -0.1) is 0 Å². The summed E-state index contributed by atoms with van der Waals surface area (Å²) in [7, 11) is -5.00. The average Bonchev–Trinajstić information content (AvgIpc) is 3.69. The van der Waals surface area contributed by atoms with Gasteiger partial charge in [0.15, 0.2) is 6.04 Å². The number of aliphatic hydroxyl groups excluding tert-OH is 1. The number of carbonyl (C=O) groups excluding carboxylic acids is 1. The number of hydroxylamine groups is 1. The number of rotatable bonds is 11. The second-order valence-electron chi connectivity index (χ2n) is 9.99. The molecule has 2 aromatic carbocycles. The van der Waals surface area contributed by atoms with Gasteiger partial charge in [0.2, 0.25) is 5.82 Å². The van der Waals surface area contributed by atoms with Crippen LogP contribution in [0.1, 0.15) is 32.4 Å². The first kappa shape index (κ1) is 29.1. The van der Waals surface area contributed by atoms with Gasteiger partial charge in [0.05, 0.1) is 31.2 Å². The number of hydrogen-bond acceptors (Lipinski definition) is 10. The van der Waals surface area contributed by atoms with Gasteiger partial charge in [-0.25, -0.2) is 19.2 Å². The van der Waals surface area contributed by atoms with E-state index in [4.69, 9.17) is 18.6 Å². The average molecular weight is 594 g/mol. The highest BCUT2D eigenvalue weighted by molar-refractivity contribution is 7.48. The minimum absolute atomic E-state index is 0.204. The van der Waals surface area contributed by atoms with Gasteiger partial charge in [-0.05, 0) is 37.1 Å². The van der Waals surface area contributed by atoms with Crippen molar-refractivity contribution in [2.75, 3.05) is 18.3 Å². The van der Waals surface area contributed by atoms with E-state index in [1.54, 1.807) is 17.1 Å². The number of aliphatic hydroxyl groups is 1. The Morgan fingerprint density at radius 3 is 2.71 bits per heavy atom. The zero-order chi connectivity index (χ0) is 29.3. The largest absolute Gasteiger partial charge is 0.529 e. The van der Waals surface area contributed by atoms with Crippen LogP contribution in [0.2, 0.25) is 0 Å². The third-order valence-corrected chi connectivity index (χ3v) is 7.78. The van der Waals surface area contributed by atoms with Gasteiger partial charge in [-0.2, -0.15) is 4.39 Å². The van der Waals surface area contributed by atoms with Gasteiger partial charge >= 0.3 is 19.5 Å². The Morgan fingerprint density at radius 2 is 1.95 bits per heavy atom. The molecule has 1 aromatic heterocycles. The van der Waals surface area contributed by atoms with Crippen LogP contribution in [0.25, 0.3) is 10.8 Å². The van der Waals surface area contributed by atoms with E-state index in [1.807, 2.05) is 30.3 Å². The standard InChI is InChI=1S/C26H29FN3O10P/c1-15(30(37-13-16-9-10-16)20-8-4-6-17-5-2-3-7-18(17)20)25(33)40-41(35,36)38-14-22-21(31)11-23(39-22)29-12-19(27)24(32)28-26(29)34/h2-8,12,15-16,21-23,31H,9-11,13-14H2,1H3,(H,35,36)(H,28,32,34)/t15-,21-,22+,23+/m0/s1. The molecule has 5 rings (SSSR count). The fourth-order valence-electron chi connectivity index (χ4n) is 4.45. The monoisotopic (exact) mass is 593 g/mol. The Morgan fingerprint density at radius 1 is 1.22 bits per heavy atom. The highest BCUT2D eigenvalue weighted by Gasteiger charge is 2.40. The molecule has 13 nitrogen and oxygen atoms in total. The molecule has 2 heterocycles. The zero-order valence-electron chi connectivity index (χ0n) is 21.9. The molecule has 2 aliphatic rings. The quantitative estimate of drug-likeness (QED) is 0.220. The minimum atomic E-state index is -5.00. The van der Waals surface area contributed by atoms with Crippen molar-refractivity contribution in [1.29, 1.82) is 0 Å². The number of fused-ring (bicyclic) bond motifs is 1. The maximum atomic E-state index is 13.7. The topological polar surface area (TPSA) is 170 Å². The first-order valence-electron chi connectivity index (χ1n) is 13.0. The fraction of sp³-hybridized carbons (Fsp3) is 0.423. The predicted octanol–water partition coefficient (Wildman–Crippen LogP) is 2.37. The van der Waals surface area contributed by atoms with Crippen LogP contribution in [0.5, 0.6) is 0 Å². The molecule has 1 saturated heterocycles. The number of benzene rings is 2. The molecule has 0 amide bonds. The van der Waals surface area contributed by atoms with E-state index < -0.39 is 61.9 Å². The van der Waals surface area contributed by atoms with Crippen LogP contribution < -0.4 is 16.3 Å². The van der Waals surface area contributed by atoms with Crippen molar-refractivity contribution in [3.63, 3.8) is 0 Å².